The molecular formula is C18H19N3O3S. The lowest BCUT2D eigenvalue weighted by molar-refractivity contribution is -0.113. The van der Waals surface area contributed by atoms with Gasteiger partial charge in [-0.05, 0) is 31.2 Å². The SMILES string of the molecule is CCOc1ccc2nc(SCC(=O)Nc3ccccc3OC)[nH]c2c1. The predicted octanol–water partition coefficient (Wildman–Crippen LogP) is 3.70. The monoisotopic (exact) mass is 357 g/mol. The molecule has 3 aromatic rings. The topological polar surface area (TPSA) is 76.2 Å². The van der Waals surface area contributed by atoms with E-state index in [2.05, 4.69) is 15.3 Å². The lowest BCUT2D eigenvalue weighted by Gasteiger charge is -2.09. The Bertz CT molecular complexity index is 879. The number of para-hydroxylation sites is 2. The van der Waals surface area contributed by atoms with Crippen LogP contribution in [0.5, 0.6) is 11.5 Å². The zero-order chi connectivity index (χ0) is 17.6. The molecule has 0 unspecified atom stereocenters. The molecule has 0 aliphatic heterocycles. The molecule has 0 saturated carbocycles. The molecule has 2 aromatic carbocycles. The molecule has 7 heteroatoms. The van der Waals surface area contributed by atoms with Gasteiger partial charge in [0.05, 0.1) is 36.2 Å². The van der Waals surface area contributed by atoms with E-state index in [0.717, 1.165) is 16.8 Å². The number of methoxy groups -OCH3 is 1. The smallest absolute Gasteiger partial charge is 0.234 e. The molecule has 25 heavy (non-hydrogen) atoms. The maximum Gasteiger partial charge on any atom is 0.234 e. The number of ether oxygens (including phenoxy) is 2. The number of carbonyl (C=O) groups is 1. The minimum Gasteiger partial charge on any atom is -0.495 e. The maximum absolute atomic E-state index is 12.2. The van der Waals surface area contributed by atoms with Crippen molar-refractivity contribution < 1.29 is 14.3 Å². The maximum atomic E-state index is 12.2. The number of amides is 1. The number of aromatic amines is 1. The summed E-state index contributed by atoms with van der Waals surface area (Å²) in [5, 5.41) is 3.54. The second-order valence-corrected chi connectivity index (χ2v) is 6.16. The average molecular weight is 357 g/mol. The molecule has 1 aromatic heterocycles. The number of thioether (sulfide) groups is 1. The summed E-state index contributed by atoms with van der Waals surface area (Å²) in [5.74, 6) is 1.55. The average Bonchev–Trinajstić information content (AvgIpc) is 3.03. The number of anilines is 1. The first kappa shape index (κ1) is 17.2. The van der Waals surface area contributed by atoms with E-state index in [1.54, 1.807) is 19.2 Å². The summed E-state index contributed by atoms with van der Waals surface area (Å²) in [5.41, 5.74) is 2.39. The largest absolute Gasteiger partial charge is 0.495 e. The summed E-state index contributed by atoms with van der Waals surface area (Å²) in [4.78, 5) is 19.8. The molecule has 3 rings (SSSR count). The summed E-state index contributed by atoms with van der Waals surface area (Å²) in [7, 11) is 1.57. The van der Waals surface area contributed by atoms with Gasteiger partial charge in [0.2, 0.25) is 5.91 Å². The van der Waals surface area contributed by atoms with E-state index in [9.17, 15) is 4.79 Å². The van der Waals surface area contributed by atoms with E-state index in [4.69, 9.17) is 9.47 Å². The molecule has 0 aliphatic carbocycles. The molecule has 0 fully saturated rings. The number of aromatic nitrogens is 2. The number of hydrogen-bond donors (Lipinski definition) is 2. The Morgan fingerprint density at radius 3 is 2.92 bits per heavy atom. The quantitative estimate of drug-likeness (QED) is 0.631. The molecule has 0 bridgehead atoms. The Morgan fingerprint density at radius 1 is 1.28 bits per heavy atom. The number of rotatable bonds is 7. The Balaban J connectivity index is 1.62. The van der Waals surface area contributed by atoms with Crippen LogP contribution in [0.4, 0.5) is 5.69 Å². The van der Waals surface area contributed by atoms with E-state index in [1.807, 2.05) is 37.3 Å². The highest BCUT2D eigenvalue weighted by Gasteiger charge is 2.10. The Labute approximate surface area is 149 Å². The minimum absolute atomic E-state index is 0.120. The van der Waals surface area contributed by atoms with Gasteiger partial charge in [0.1, 0.15) is 11.5 Å². The molecule has 1 amide bonds. The van der Waals surface area contributed by atoms with Crippen LogP contribution in [0.15, 0.2) is 47.6 Å². The van der Waals surface area contributed by atoms with Gasteiger partial charge in [0, 0.05) is 6.07 Å². The van der Waals surface area contributed by atoms with Crippen molar-refractivity contribution in [2.45, 2.75) is 12.1 Å². The van der Waals surface area contributed by atoms with Crippen molar-refractivity contribution in [3.8, 4) is 11.5 Å². The van der Waals surface area contributed by atoms with Gasteiger partial charge in [0.25, 0.3) is 0 Å². The van der Waals surface area contributed by atoms with Crippen molar-refractivity contribution in [2.24, 2.45) is 0 Å². The number of hydrogen-bond acceptors (Lipinski definition) is 5. The van der Waals surface area contributed by atoms with Crippen LogP contribution >= 0.6 is 11.8 Å². The van der Waals surface area contributed by atoms with Gasteiger partial charge in [0.15, 0.2) is 5.16 Å². The summed E-state index contributed by atoms with van der Waals surface area (Å²) in [6, 6.07) is 13.0. The fourth-order valence-electron chi connectivity index (χ4n) is 2.36. The van der Waals surface area contributed by atoms with E-state index >= 15 is 0 Å². The van der Waals surface area contributed by atoms with Gasteiger partial charge in [-0.25, -0.2) is 4.98 Å². The van der Waals surface area contributed by atoms with E-state index in [0.29, 0.717) is 23.2 Å². The van der Waals surface area contributed by atoms with Crippen molar-refractivity contribution in [2.75, 3.05) is 24.8 Å². The van der Waals surface area contributed by atoms with Crippen molar-refractivity contribution in [1.82, 2.24) is 9.97 Å². The van der Waals surface area contributed by atoms with Crippen LogP contribution in [-0.4, -0.2) is 35.3 Å². The van der Waals surface area contributed by atoms with E-state index < -0.39 is 0 Å². The highest BCUT2D eigenvalue weighted by atomic mass is 32.2. The van der Waals surface area contributed by atoms with Crippen LogP contribution in [0.3, 0.4) is 0 Å². The zero-order valence-corrected chi connectivity index (χ0v) is 14.9. The first-order chi connectivity index (χ1) is 12.2. The number of fused-ring (bicyclic) bond motifs is 1. The molecule has 2 N–H and O–H groups in total. The van der Waals surface area contributed by atoms with Crippen LogP contribution in [0.2, 0.25) is 0 Å². The van der Waals surface area contributed by atoms with Gasteiger partial charge in [-0.1, -0.05) is 23.9 Å². The fourth-order valence-corrected chi connectivity index (χ4v) is 3.04. The van der Waals surface area contributed by atoms with Gasteiger partial charge in [-0.15, -0.1) is 0 Å². The standard InChI is InChI=1S/C18H19N3O3S/c1-3-24-12-8-9-13-15(10-12)21-18(20-13)25-11-17(22)19-14-6-4-5-7-16(14)23-2/h4-10H,3,11H2,1-2H3,(H,19,22)(H,20,21). The third-order valence-corrected chi connectivity index (χ3v) is 4.34. The van der Waals surface area contributed by atoms with Crippen LogP contribution in [-0.2, 0) is 4.79 Å². The fraction of sp³-hybridized carbons (Fsp3) is 0.222. The number of imidazole rings is 1. The summed E-state index contributed by atoms with van der Waals surface area (Å²) < 4.78 is 10.7. The normalized spacial score (nSPS) is 10.6. The van der Waals surface area contributed by atoms with E-state index in [-0.39, 0.29) is 11.7 Å². The number of carbonyl (C=O) groups excluding carboxylic acids is 1. The Morgan fingerprint density at radius 2 is 2.12 bits per heavy atom. The Kier molecular flexibility index (Phi) is 5.45. The third kappa shape index (κ3) is 4.24. The predicted molar refractivity (Wildman–Crippen MR) is 99.6 cm³/mol. The molecule has 130 valence electrons. The second kappa shape index (κ2) is 7.94. The first-order valence-corrected chi connectivity index (χ1v) is 8.86. The molecule has 0 atom stereocenters. The summed E-state index contributed by atoms with van der Waals surface area (Å²) in [6.45, 7) is 2.56. The van der Waals surface area contributed by atoms with Crippen LogP contribution < -0.4 is 14.8 Å². The Hall–Kier alpha value is -2.67. The van der Waals surface area contributed by atoms with Crippen LogP contribution in [0.25, 0.3) is 11.0 Å². The highest BCUT2D eigenvalue weighted by Crippen LogP contribution is 2.25. The number of benzene rings is 2. The number of nitrogens with zero attached hydrogens (tertiary/aromatic N) is 1. The lowest BCUT2D eigenvalue weighted by atomic mass is 10.3. The van der Waals surface area contributed by atoms with Crippen molar-refractivity contribution in [1.29, 1.82) is 0 Å². The lowest BCUT2D eigenvalue weighted by Crippen LogP contribution is -2.14. The summed E-state index contributed by atoms with van der Waals surface area (Å²) in [6.07, 6.45) is 0. The van der Waals surface area contributed by atoms with Crippen LogP contribution in [0, 0.1) is 0 Å². The third-order valence-electron chi connectivity index (χ3n) is 3.46. The molecule has 0 radical (unpaired) electrons. The minimum atomic E-state index is -0.120. The molecule has 1 heterocycles. The van der Waals surface area contributed by atoms with Gasteiger partial charge in [-0.3, -0.25) is 4.79 Å². The highest BCUT2D eigenvalue weighted by molar-refractivity contribution is 7.99. The number of H-pyrrole nitrogens is 1. The first-order valence-electron chi connectivity index (χ1n) is 7.88. The number of nitrogens with one attached hydrogen (secondary N) is 2. The second-order valence-electron chi connectivity index (χ2n) is 5.19. The van der Waals surface area contributed by atoms with Crippen molar-refractivity contribution in [3.05, 3.63) is 42.5 Å². The molecule has 6 nitrogen and oxygen atoms in total. The summed E-state index contributed by atoms with van der Waals surface area (Å²) >= 11 is 1.35. The van der Waals surface area contributed by atoms with Gasteiger partial charge in [-0.2, -0.15) is 0 Å². The van der Waals surface area contributed by atoms with Crippen molar-refractivity contribution >= 4 is 34.4 Å². The molecular weight excluding hydrogens is 338 g/mol. The van der Waals surface area contributed by atoms with Crippen molar-refractivity contribution in [3.63, 3.8) is 0 Å². The molecule has 0 spiro atoms. The molecule has 0 saturated heterocycles. The molecule has 0 aliphatic rings. The van der Waals surface area contributed by atoms with Gasteiger partial charge < -0.3 is 19.8 Å². The zero-order valence-electron chi connectivity index (χ0n) is 14.0. The van der Waals surface area contributed by atoms with Crippen LogP contribution in [0.1, 0.15) is 6.92 Å². The van der Waals surface area contributed by atoms with Gasteiger partial charge >= 0.3 is 0 Å². The van der Waals surface area contributed by atoms with E-state index in [1.165, 1.54) is 11.8 Å².